The monoisotopic (exact) mass is 278 g/mol. The van der Waals surface area contributed by atoms with Crippen molar-refractivity contribution in [3.05, 3.63) is 23.8 Å². The van der Waals surface area contributed by atoms with Gasteiger partial charge in [0, 0.05) is 31.6 Å². The summed E-state index contributed by atoms with van der Waals surface area (Å²) in [6.07, 6.45) is 0.483. The lowest BCUT2D eigenvalue weighted by molar-refractivity contribution is 0.0323. The number of nitrogens with zero attached hydrogens (tertiary/aromatic N) is 1. The fraction of sp³-hybridized carbons (Fsp3) is 0.533. The minimum absolute atomic E-state index is 0.0940. The van der Waals surface area contributed by atoms with E-state index in [0.717, 1.165) is 32.8 Å². The van der Waals surface area contributed by atoms with E-state index in [1.54, 1.807) is 18.2 Å². The van der Waals surface area contributed by atoms with Crippen LogP contribution in [0.1, 0.15) is 23.7 Å². The molecule has 5 nitrogen and oxygen atoms in total. The zero-order valence-electron chi connectivity index (χ0n) is 11.9. The van der Waals surface area contributed by atoms with Crippen molar-refractivity contribution in [1.82, 2.24) is 4.90 Å². The van der Waals surface area contributed by atoms with Crippen LogP contribution in [0.25, 0.3) is 0 Å². The molecule has 0 aliphatic carbocycles. The van der Waals surface area contributed by atoms with E-state index in [-0.39, 0.29) is 5.78 Å². The predicted molar refractivity (Wildman–Crippen MR) is 78.2 cm³/mol. The van der Waals surface area contributed by atoms with Crippen molar-refractivity contribution >= 4 is 11.5 Å². The molecule has 0 amide bonds. The minimum Gasteiger partial charge on any atom is -0.490 e. The Morgan fingerprint density at radius 3 is 2.80 bits per heavy atom. The molecule has 20 heavy (non-hydrogen) atoms. The molecule has 1 aromatic rings. The number of morpholine rings is 1. The van der Waals surface area contributed by atoms with Crippen LogP contribution in [0.2, 0.25) is 0 Å². The molecular weight excluding hydrogens is 256 g/mol. The summed E-state index contributed by atoms with van der Waals surface area (Å²) in [4.78, 5) is 13.9. The summed E-state index contributed by atoms with van der Waals surface area (Å²) in [6, 6.07) is 5.24. The van der Waals surface area contributed by atoms with E-state index in [2.05, 4.69) is 4.90 Å². The van der Waals surface area contributed by atoms with Gasteiger partial charge < -0.3 is 15.2 Å². The Morgan fingerprint density at radius 1 is 1.40 bits per heavy atom. The molecule has 0 unspecified atom stereocenters. The van der Waals surface area contributed by atoms with Crippen molar-refractivity contribution in [2.24, 2.45) is 0 Å². The van der Waals surface area contributed by atoms with Gasteiger partial charge in [-0.1, -0.05) is 6.92 Å². The molecule has 0 radical (unpaired) electrons. The zero-order chi connectivity index (χ0) is 14.4. The molecule has 1 aliphatic heterocycles. The quantitative estimate of drug-likeness (QED) is 0.632. The first-order valence-corrected chi connectivity index (χ1v) is 7.06. The third-order valence-corrected chi connectivity index (χ3v) is 3.42. The van der Waals surface area contributed by atoms with Crippen LogP contribution >= 0.6 is 0 Å². The van der Waals surface area contributed by atoms with E-state index < -0.39 is 0 Å². The number of ketones is 1. The van der Waals surface area contributed by atoms with Gasteiger partial charge in [-0.05, 0) is 18.2 Å². The number of hydrogen-bond acceptors (Lipinski definition) is 5. The first-order valence-electron chi connectivity index (χ1n) is 7.06. The lowest BCUT2D eigenvalue weighted by atomic mass is 10.1. The number of hydrogen-bond donors (Lipinski definition) is 1. The number of nitrogens with two attached hydrogens (primary N) is 1. The Kier molecular flexibility index (Phi) is 5.38. The number of nitrogen functional groups attached to an aromatic ring is 1. The van der Waals surface area contributed by atoms with Gasteiger partial charge in [-0.15, -0.1) is 0 Å². The standard InChI is InChI=1S/C15H22N2O3/c1-2-14(18)12-3-4-15(13(16)11-12)20-10-7-17-5-8-19-9-6-17/h3-4,11H,2,5-10,16H2,1H3. The van der Waals surface area contributed by atoms with Gasteiger partial charge in [0.2, 0.25) is 0 Å². The molecule has 2 rings (SSSR count). The van der Waals surface area contributed by atoms with E-state index in [1.165, 1.54) is 0 Å². The summed E-state index contributed by atoms with van der Waals surface area (Å²) in [6.45, 7) is 6.76. The average molecular weight is 278 g/mol. The van der Waals surface area contributed by atoms with Crippen LogP contribution in [0.4, 0.5) is 5.69 Å². The largest absolute Gasteiger partial charge is 0.490 e. The zero-order valence-corrected chi connectivity index (χ0v) is 11.9. The van der Waals surface area contributed by atoms with Crippen LogP contribution in [0.5, 0.6) is 5.75 Å². The van der Waals surface area contributed by atoms with E-state index in [9.17, 15) is 4.79 Å². The van der Waals surface area contributed by atoms with Crippen molar-refractivity contribution in [2.75, 3.05) is 45.2 Å². The highest BCUT2D eigenvalue weighted by atomic mass is 16.5. The van der Waals surface area contributed by atoms with Gasteiger partial charge in [-0.2, -0.15) is 0 Å². The summed E-state index contributed by atoms with van der Waals surface area (Å²) < 4.78 is 11.0. The second kappa shape index (κ2) is 7.26. The number of carbonyl (C=O) groups is 1. The van der Waals surface area contributed by atoms with Gasteiger partial charge >= 0.3 is 0 Å². The maximum Gasteiger partial charge on any atom is 0.162 e. The molecule has 1 aromatic carbocycles. The number of ether oxygens (including phenoxy) is 2. The van der Waals surface area contributed by atoms with Crippen molar-refractivity contribution in [3.8, 4) is 5.75 Å². The molecule has 2 N–H and O–H groups in total. The molecule has 5 heteroatoms. The van der Waals surface area contributed by atoms with Gasteiger partial charge in [0.15, 0.2) is 5.78 Å². The third-order valence-electron chi connectivity index (χ3n) is 3.42. The van der Waals surface area contributed by atoms with Crippen LogP contribution in [-0.4, -0.2) is 50.1 Å². The highest BCUT2D eigenvalue weighted by Gasteiger charge is 2.11. The van der Waals surface area contributed by atoms with E-state index in [4.69, 9.17) is 15.2 Å². The molecule has 110 valence electrons. The summed E-state index contributed by atoms with van der Waals surface area (Å²) in [5, 5.41) is 0. The molecule has 0 saturated carbocycles. The first kappa shape index (κ1) is 14.8. The maximum absolute atomic E-state index is 11.6. The van der Waals surface area contributed by atoms with Crippen LogP contribution in [0.15, 0.2) is 18.2 Å². The van der Waals surface area contributed by atoms with Crippen molar-refractivity contribution in [3.63, 3.8) is 0 Å². The van der Waals surface area contributed by atoms with Crippen molar-refractivity contribution in [2.45, 2.75) is 13.3 Å². The van der Waals surface area contributed by atoms with Crippen molar-refractivity contribution in [1.29, 1.82) is 0 Å². The van der Waals surface area contributed by atoms with Gasteiger partial charge in [-0.3, -0.25) is 9.69 Å². The van der Waals surface area contributed by atoms with Crippen LogP contribution < -0.4 is 10.5 Å². The lowest BCUT2D eigenvalue weighted by Gasteiger charge is -2.26. The number of Topliss-reactive ketones (excluding diaryl/α,β-unsaturated/α-hetero) is 1. The molecule has 0 atom stereocenters. The lowest BCUT2D eigenvalue weighted by Crippen LogP contribution is -2.38. The number of carbonyl (C=O) groups excluding carboxylic acids is 1. The van der Waals surface area contributed by atoms with Crippen LogP contribution in [-0.2, 0) is 4.74 Å². The molecule has 0 bridgehead atoms. The fourth-order valence-electron chi connectivity index (χ4n) is 2.17. The van der Waals surface area contributed by atoms with Crippen molar-refractivity contribution < 1.29 is 14.3 Å². The van der Waals surface area contributed by atoms with Crippen LogP contribution in [0.3, 0.4) is 0 Å². The van der Waals surface area contributed by atoms with Gasteiger partial charge in [0.05, 0.1) is 18.9 Å². The topological polar surface area (TPSA) is 64.8 Å². The summed E-state index contributed by atoms with van der Waals surface area (Å²) >= 11 is 0. The molecule has 1 heterocycles. The summed E-state index contributed by atoms with van der Waals surface area (Å²) in [7, 11) is 0. The summed E-state index contributed by atoms with van der Waals surface area (Å²) in [5.41, 5.74) is 7.09. The molecular formula is C15H22N2O3. The second-order valence-corrected chi connectivity index (χ2v) is 4.83. The Morgan fingerprint density at radius 2 is 2.15 bits per heavy atom. The van der Waals surface area contributed by atoms with E-state index in [0.29, 0.717) is 30.0 Å². The second-order valence-electron chi connectivity index (χ2n) is 4.83. The average Bonchev–Trinajstić information content (AvgIpc) is 2.49. The molecule has 1 fully saturated rings. The number of benzene rings is 1. The number of rotatable bonds is 6. The normalized spacial score (nSPS) is 16.1. The highest BCUT2D eigenvalue weighted by Crippen LogP contribution is 2.23. The highest BCUT2D eigenvalue weighted by molar-refractivity contribution is 5.97. The molecule has 1 saturated heterocycles. The Labute approximate surface area is 119 Å². The molecule has 1 aliphatic rings. The summed E-state index contributed by atoms with van der Waals surface area (Å²) in [5.74, 6) is 0.738. The SMILES string of the molecule is CCC(=O)c1ccc(OCCN2CCOCC2)c(N)c1. The molecule has 0 spiro atoms. The van der Waals surface area contributed by atoms with Gasteiger partial charge in [0.25, 0.3) is 0 Å². The van der Waals surface area contributed by atoms with Gasteiger partial charge in [-0.25, -0.2) is 0 Å². The molecule has 0 aromatic heterocycles. The minimum atomic E-state index is 0.0940. The smallest absolute Gasteiger partial charge is 0.162 e. The predicted octanol–water partition coefficient (Wildman–Crippen LogP) is 1.57. The Hall–Kier alpha value is -1.59. The van der Waals surface area contributed by atoms with E-state index >= 15 is 0 Å². The Bertz CT molecular complexity index is 456. The maximum atomic E-state index is 11.6. The van der Waals surface area contributed by atoms with Crippen LogP contribution in [0, 0.1) is 0 Å². The van der Waals surface area contributed by atoms with E-state index in [1.807, 2.05) is 6.92 Å². The fourth-order valence-corrected chi connectivity index (χ4v) is 2.17. The Balaban J connectivity index is 1.84. The third kappa shape index (κ3) is 3.95. The van der Waals surface area contributed by atoms with Gasteiger partial charge in [0.1, 0.15) is 12.4 Å². The number of anilines is 1. The first-order chi connectivity index (χ1) is 9.70.